The monoisotopic (exact) mass is 212 g/mol. The minimum absolute atomic E-state index is 0.0156. The number of aliphatic carboxylic acids is 1. The van der Waals surface area contributed by atoms with Crippen LogP contribution in [0, 0.1) is 5.92 Å². The van der Waals surface area contributed by atoms with Gasteiger partial charge in [-0.1, -0.05) is 0 Å². The molecule has 0 bridgehead atoms. The summed E-state index contributed by atoms with van der Waals surface area (Å²) in [6.45, 7) is 0.716. The maximum atomic E-state index is 11.6. The van der Waals surface area contributed by atoms with Crippen molar-refractivity contribution in [2.75, 3.05) is 13.6 Å². The Hall–Kier alpha value is -1.10. The summed E-state index contributed by atoms with van der Waals surface area (Å²) in [6.07, 6.45) is 2.63. The summed E-state index contributed by atoms with van der Waals surface area (Å²) >= 11 is 0. The first-order chi connectivity index (χ1) is 7.09. The molecule has 15 heavy (non-hydrogen) atoms. The number of hydrogen-bond donors (Lipinski definition) is 2. The predicted molar refractivity (Wildman–Crippen MR) is 53.3 cm³/mol. The van der Waals surface area contributed by atoms with Gasteiger partial charge in [-0.2, -0.15) is 0 Å². The normalized spacial score (nSPS) is 28.2. The molecule has 1 aliphatic heterocycles. The molecular weight excluding hydrogens is 196 g/mol. The Bertz CT molecular complexity index is 288. The van der Waals surface area contributed by atoms with Crippen LogP contribution in [0.25, 0.3) is 0 Å². The number of nitrogens with one attached hydrogen (secondary N) is 1. The molecule has 1 saturated heterocycles. The van der Waals surface area contributed by atoms with Crippen molar-refractivity contribution in [1.29, 1.82) is 0 Å². The number of likely N-dealkylation sites (N-methyl/N-ethyl adjacent to an activating group) is 1. The van der Waals surface area contributed by atoms with Crippen molar-refractivity contribution in [3.8, 4) is 0 Å². The fourth-order valence-corrected chi connectivity index (χ4v) is 2.03. The molecule has 5 nitrogen and oxygen atoms in total. The second-order valence-corrected chi connectivity index (χ2v) is 4.42. The molecule has 2 N–H and O–H groups in total. The van der Waals surface area contributed by atoms with Gasteiger partial charge in [-0.3, -0.25) is 14.9 Å². The third kappa shape index (κ3) is 2.12. The quantitative estimate of drug-likeness (QED) is 0.669. The SMILES string of the molecule is CN1CCC(NC(C(=O)O)C2CC2)C1=O. The summed E-state index contributed by atoms with van der Waals surface area (Å²) < 4.78 is 0. The van der Waals surface area contributed by atoms with Crippen LogP contribution in [-0.4, -0.2) is 47.6 Å². The number of likely N-dealkylation sites (tertiary alicyclic amines) is 1. The number of carbonyl (C=O) groups is 2. The summed E-state index contributed by atoms with van der Waals surface area (Å²) in [5, 5.41) is 12.0. The molecule has 2 atom stereocenters. The molecule has 0 aromatic heterocycles. The van der Waals surface area contributed by atoms with Crippen LogP contribution in [0.15, 0.2) is 0 Å². The van der Waals surface area contributed by atoms with E-state index in [0.717, 1.165) is 12.8 Å². The van der Waals surface area contributed by atoms with Gasteiger partial charge in [-0.25, -0.2) is 0 Å². The maximum absolute atomic E-state index is 11.6. The third-order valence-corrected chi connectivity index (χ3v) is 3.17. The van der Waals surface area contributed by atoms with E-state index in [0.29, 0.717) is 13.0 Å². The van der Waals surface area contributed by atoms with Crippen molar-refractivity contribution in [3.63, 3.8) is 0 Å². The van der Waals surface area contributed by atoms with E-state index >= 15 is 0 Å². The first-order valence-electron chi connectivity index (χ1n) is 5.33. The average Bonchev–Trinajstić information content (AvgIpc) is 2.95. The van der Waals surface area contributed by atoms with Crippen LogP contribution in [-0.2, 0) is 9.59 Å². The van der Waals surface area contributed by atoms with Gasteiger partial charge in [0.15, 0.2) is 0 Å². The maximum Gasteiger partial charge on any atom is 0.321 e. The van der Waals surface area contributed by atoms with Gasteiger partial charge >= 0.3 is 5.97 Å². The summed E-state index contributed by atoms with van der Waals surface area (Å²) in [5.74, 6) is -0.594. The summed E-state index contributed by atoms with van der Waals surface area (Å²) in [6, 6.07) is -0.831. The lowest BCUT2D eigenvalue weighted by Gasteiger charge is -2.18. The lowest BCUT2D eigenvalue weighted by molar-refractivity contribution is -0.140. The van der Waals surface area contributed by atoms with E-state index < -0.39 is 12.0 Å². The summed E-state index contributed by atoms with van der Waals surface area (Å²) in [7, 11) is 1.75. The van der Waals surface area contributed by atoms with E-state index in [2.05, 4.69) is 5.32 Å². The fourth-order valence-electron chi connectivity index (χ4n) is 2.03. The smallest absolute Gasteiger partial charge is 0.321 e. The van der Waals surface area contributed by atoms with Crippen molar-refractivity contribution in [2.45, 2.75) is 31.3 Å². The van der Waals surface area contributed by atoms with Crippen LogP contribution in [0.4, 0.5) is 0 Å². The van der Waals surface area contributed by atoms with Crippen LogP contribution in [0.2, 0.25) is 0 Å². The van der Waals surface area contributed by atoms with Gasteiger partial charge in [0, 0.05) is 13.6 Å². The summed E-state index contributed by atoms with van der Waals surface area (Å²) in [4.78, 5) is 24.2. The Labute approximate surface area is 88.4 Å². The fraction of sp³-hybridized carbons (Fsp3) is 0.800. The highest BCUT2D eigenvalue weighted by Crippen LogP contribution is 2.33. The van der Waals surface area contributed by atoms with Crippen LogP contribution in [0.3, 0.4) is 0 Å². The first kappa shape index (κ1) is 10.4. The minimum Gasteiger partial charge on any atom is -0.480 e. The zero-order chi connectivity index (χ0) is 11.0. The molecule has 2 aliphatic rings. The molecule has 2 rings (SSSR count). The van der Waals surface area contributed by atoms with Gasteiger partial charge in [0.25, 0.3) is 0 Å². The van der Waals surface area contributed by atoms with Crippen LogP contribution < -0.4 is 5.32 Å². The molecule has 2 unspecified atom stereocenters. The molecule has 84 valence electrons. The highest BCUT2D eigenvalue weighted by atomic mass is 16.4. The van der Waals surface area contributed by atoms with Crippen molar-refractivity contribution in [3.05, 3.63) is 0 Å². The number of amides is 1. The van der Waals surface area contributed by atoms with Gasteiger partial charge < -0.3 is 10.0 Å². The van der Waals surface area contributed by atoms with Crippen LogP contribution in [0.1, 0.15) is 19.3 Å². The molecule has 2 fully saturated rings. The van der Waals surface area contributed by atoms with E-state index in [1.165, 1.54) is 0 Å². The van der Waals surface area contributed by atoms with Gasteiger partial charge in [-0.05, 0) is 25.2 Å². The first-order valence-corrected chi connectivity index (χ1v) is 5.33. The average molecular weight is 212 g/mol. The number of nitrogens with zero attached hydrogens (tertiary/aromatic N) is 1. The molecule has 1 aliphatic carbocycles. The molecule has 0 aromatic carbocycles. The van der Waals surface area contributed by atoms with E-state index in [-0.39, 0.29) is 17.9 Å². The Morgan fingerprint density at radius 1 is 1.53 bits per heavy atom. The highest BCUT2D eigenvalue weighted by Gasteiger charge is 2.40. The molecule has 5 heteroatoms. The molecule has 1 heterocycles. The Balaban J connectivity index is 1.94. The number of carbonyl (C=O) groups excluding carboxylic acids is 1. The topological polar surface area (TPSA) is 69.6 Å². The van der Waals surface area contributed by atoms with E-state index in [1.807, 2.05) is 0 Å². The lowest BCUT2D eigenvalue weighted by atomic mass is 10.1. The van der Waals surface area contributed by atoms with Gasteiger partial charge in [-0.15, -0.1) is 0 Å². The Morgan fingerprint density at radius 3 is 2.60 bits per heavy atom. The number of carboxylic acid groups (broad SMARTS) is 1. The minimum atomic E-state index is -0.833. The van der Waals surface area contributed by atoms with Gasteiger partial charge in [0.2, 0.25) is 5.91 Å². The van der Waals surface area contributed by atoms with Crippen molar-refractivity contribution in [2.24, 2.45) is 5.92 Å². The van der Waals surface area contributed by atoms with Crippen LogP contribution in [0.5, 0.6) is 0 Å². The zero-order valence-electron chi connectivity index (χ0n) is 8.77. The van der Waals surface area contributed by atoms with Crippen molar-refractivity contribution < 1.29 is 14.7 Å². The largest absolute Gasteiger partial charge is 0.480 e. The second kappa shape index (κ2) is 3.81. The molecule has 0 aromatic rings. The molecule has 1 saturated carbocycles. The molecular formula is C10H16N2O3. The van der Waals surface area contributed by atoms with E-state index in [1.54, 1.807) is 11.9 Å². The van der Waals surface area contributed by atoms with E-state index in [4.69, 9.17) is 5.11 Å². The molecule has 0 spiro atoms. The second-order valence-electron chi connectivity index (χ2n) is 4.42. The lowest BCUT2D eigenvalue weighted by Crippen LogP contribution is -2.47. The molecule has 0 radical (unpaired) electrons. The van der Waals surface area contributed by atoms with E-state index in [9.17, 15) is 9.59 Å². The Morgan fingerprint density at radius 2 is 2.20 bits per heavy atom. The number of hydrogen-bond acceptors (Lipinski definition) is 3. The predicted octanol–water partition coefficient (Wildman–Crippen LogP) is -0.330. The molecule has 1 amide bonds. The Kier molecular flexibility index (Phi) is 2.65. The summed E-state index contributed by atoms with van der Waals surface area (Å²) in [5.41, 5.74) is 0. The number of carboxylic acids is 1. The van der Waals surface area contributed by atoms with Gasteiger partial charge in [0.1, 0.15) is 6.04 Å². The third-order valence-electron chi connectivity index (χ3n) is 3.17. The van der Waals surface area contributed by atoms with Crippen molar-refractivity contribution >= 4 is 11.9 Å². The highest BCUT2D eigenvalue weighted by molar-refractivity contribution is 5.85. The zero-order valence-corrected chi connectivity index (χ0v) is 8.77. The number of rotatable bonds is 4. The standard InChI is InChI=1S/C10H16N2O3/c1-12-5-4-7(9(12)13)11-8(10(14)15)6-2-3-6/h6-8,11H,2-5H2,1H3,(H,14,15). The van der Waals surface area contributed by atoms with Crippen molar-refractivity contribution in [1.82, 2.24) is 10.2 Å². The van der Waals surface area contributed by atoms with Gasteiger partial charge in [0.05, 0.1) is 6.04 Å². The van der Waals surface area contributed by atoms with Crippen LogP contribution >= 0.6 is 0 Å².